The lowest BCUT2D eigenvalue weighted by atomic mass is 9.81. The predicted molar refractivity (Wildman–Crippen MR) is 106 cm³/mol. The van der Waals surface area contributed by atoms with Crippen LogP contribution in [0.2, 0.25) is 0 Å². The average molecular weight is 401 g/mol. The fourth-order valence-corrected chi connectivity index (χ4v) is 3.97. The highest BCUT2D eigenvalue weighted by atomic mass is 19.1. The summed E-state index contributed by atoms with van der Waals surface area (Å²) in [7, 11) is 0. The second-order valence-corrected chi connectivity index (χ2v) is 7.85. The zero-order valence-corrected chi connectivity index (χ0v) is 16.2. The van der Waals surface area contributed by atoms with Gasteiger partial charge in [-0.3, -0.25) is 9.78 Å². The number of aromatic amines is 1. The molecule has 1 atom stereocenters. The number of benzene rings is 1. The van der Waals surface area contributed by atoms with Crippen molar-refractivity contribution in [2.45, 2.75) is 37.8 Å². The van der Waals surface area contributed by atoms with Gasteiger partial charge < -0.3 is 20.6 Å². The number of carbonyl (C=O) groups excluding carboxylic acids is 1. The van der Waals surface area contributed by atoms with Gasteiger partial charge in [-0.1, -0.05) is 12.5 Å². The van der Waals surface area contributed by atoms with E-state index in [1.807, 2.05) is 0 Å². The van der Waals surface area contributed by atoms with Crippen molar-refractivity contribution in [2.75, 3.05) is 25.0 Å². The van der Waals surface area contributed by atoms with Crippen molar-refractivity contribution in [3.63, 3.8) is 0 Å². The number of carbonyl (C=O) groups is 1. The summed E-state index contributed by atoms with van der Waals surface area (Å²) in [6.45, 7) is 3.02. The lowest BCUT2D eigenvalue weighted by molar-refractivity contribution is -0.108. The van der Waals surface area contributed by atoms with E-state index in [0.717, 1.165) is 31.4 Å². The second-order valence-electron chi connectivity index (χ2n) is 7.85. The van der Waals surface area contributed by atoms with Crippen LogP contribution in [0.4, 0.5) is 15.9 Å². The van der Waals surface area contributed by atoms with Gasteiger partial charge in [-0.15, -0.1) is 0 Å². The number of aromatic nitrogens is 2. The van der Waals surface area contributed by atoms with Gasteiger partial charge in [-0.05, 0) is 44.0 Å². The molecular weight excluding hydrogens is 377 g/mol. The Hall–Kier alpha value is -2.78. The molecule has 29 heavy (non-hydrogen) atoms. The molecule has 0 bridgehead atoms. The third-order valence-corrected chi connectivity index (χ3v) is 5.60. The first-order valence-corrected chi connectivity index (χ1v) is 9.73. The monoisotopic (exact) mass is 401 g/mol. The molecule has 0 saturated carbocycles. The predicted octanol–water partition coefficient (Wildman–Crippen LogP) is 1.29. The van der Waals surface area contributed by atoms with E-state index in [-0.39, 0.29) is 42.1 Å². The van der Waals surface area contributed by atoms with E-state index in [1.165, 1.54) is 23.2 Å². The minimum absolute atomic E-state index is 0.0340. The third-order valence-electron chi connectivity index (χ3n) is 5.60. The molecular formula is C20H24FN5O3. The summed E-state index contributed by atoms with van der Waals surface area (Å²) in [5, 5.41) is 16.9. The summed E-state index contributed by atoms with van der Waals surface area (Å²) >= 11 is 0. The van der Waals surface area contributed by atoms with E-state index in [9.17, 15) is 19.1 Å². The molecule has 1 aromatic carbocycles. The molecule has 4 N–H and O–H groups in total. The molecule has 9 heteroatoms. The largest absolute Gasteiger partial charge is 0.385 e. The number of aliphatic hydroxyl groups is 1. The van der Waals surface area contributed by atoms with Gasteiger partial charge in [0.25, 0.3) is 5.91 Å². The van der Waals surface area contributed by atoms with Crippen LogP contribution in [0.25, 0.3) is 0 Å². The molecule has 2 saturated heterocycles. The van der Waals surface area contributed by atoms with Crippen LogP contribution < -0.4 is 16.3 Å². The maximum Gasteiger partial charge on any atom is 0.346 e. The summed E-state index contributed by atoms with van der Waals surface area (Å²) in [6, 6.07) is 4.58. The van der Waals surface area contributed by atoms with Crippen molar-refractivity contribution < 1.29 is 14.3 Å². The molecule has 1 aromatic heterocycles. The number of rotatable bonds is 4. The topological polar surface area (TPSA) is 110 Å². The number of H-pyrrole nitrogens is 1. The van der Waals surface area contributed by atoms with Crippen LogP contribution in [0.5, 0.6) is 0 Å². The summed E-state index contributed by atoms with van der Waals surface area (Å²) in [5.74, 6) is -0.809. The number of nitrogens with one attached hydrogen (secondary N) is 3. The Morgan fingerprint density at radius 1 is 1.38 bits per heavy atom. The number of β-amino-alcohol motifs (C(OH)–C–C–N with tert-alkyl or cyclic N) is 1. The van der Waals surface area contributed by atoms with E-state index in [1.54, 1.807) is 13.0 Å². The smallest absolute Gasteiger partial charge is 0.346 e. The zero-order chi connectivity index (χ0) is 20.6. The number of nitrogens with zero attached hydrogens (tertiary/aromatic N) is 2. The Labute approximate surface area is 167 Å². The molecule has 0 aliphatic carbocycles. The Bertz CT molecular complexity index is 980. The molecule has 3 heterocycles. The SMILES string of the molecule is Cc1ccc(Nc2[nH]c(=O)ncc2C(=O)N2CC(O)(C3CCCCN3)C2)c(F)c1. The maximum atomic E-state index is 14.2. The van der Waals surface area contributed by atoms with Crippen LogP contribution in [-0.2, 0) is 0 Å². The van der Waals surface area contributed by atoms with Crippen LogP contribution in [0.1, 0.15) is 35.2 Å². The van der Waals surface area contributed by atoms with Gasteiger partial charge in [-0.25, -0.2) is 14.2 Å². The van der Waals surface area contributed by atoms with Crippen molar-refractivity contribution in [3.8, 4) is 0 Å². The molecule has 1 amide bonds. The van der Waals surface area contributed by atoms with Gasteiger partial charge in [0, 0.05) is 12.2 Å². The summed E-state index contributed by atoms with van der Waals surface area (Å²) in [4.78, 5) is 32.2. The van der Waals surface area contributed by atoms with Crippen LogP contribution in [-0.4, -0.2) is 57.2 Å². The molecule has 154 valence electrons. The Balaban J connectivity index is 1.53. The zero-order valence-electron chi connectivity index (χ0n) is 16.2. The highest BCUT2D eigenvalue weighted by Crippen LogP contribution is 2.31. The third kappa shape index (κ3) is 3.88. The van der Waals surface area contributed by atoms with E-state index in [2.05, 4.69) is 20.6 Å². The van der Waals surface area contributed by atoms with Gasteiger partial charge in [0.15, 0.2) is 0 Å². The molecule has 1 unspecified atom stereocenters. The van der Waals surface area contributed by atoms with Gasteiger partial charge in [0.1, 0.15) is 17.2 Å². The number of piperidine rings is 1. The Morgan fingerprint density at radius 2 is 2.17 bits per heavy atom. The first kappa shape index (κ1) is 19.5. The summed E-state index contributed by atoms with van der Waals surface area (Å²) in [6.07, 6.45) is 4.18. The Kier molecular flexibility index (Phi) is 5.10. The average Bonchev–Trinajstić information content (AvgIpc) is 2.68. The number of aryl methyl sites for hydroxylation is 1. The van der Waals surface area contributed by atoms with Crippen molar-refractivity contribution in [1.82, 2.24) is 20.2 Å². The van der Waals surface area contributed by atoms with E-state index in [0.29, 0.717) is 0 Å². The summed E-state index contributed by atoms with van der Waals surface area (Å²) < 4.78 is 14.2. The lowest BCUT2D eigenvalue weighted by Crippen LogP contribution is -2.72. The fourth-order valence-electron chi connectivity index (χ4n) is 3.97. The second kappa shape index (κ2) is 7.57. The summed E-state index contributed by atoms with van der Waals surface area (Å²) in [5.41, 5.74) is -0.601. The molecule has 2 aromatic rings. The number of hydrogen-bond donors (Lipinski definition) is 4. The minimum atomic E-state index is -0.956. The quantitative estimate of drug-likeness (QED) is 0.615. The van der Waals surface area contributed by atoms with Gasteiger partial charge in [0.05, 0.1) is 24.3 Å². The van der Waals surface area contributed by atoms with Crippen molar-refractivity contribution >= 4 is 17.4 Å². The number of hydrogen-bond acceptors (Lipinski definition) is 6. The van der Waals surface area contributed by atoms with E-state index >= 15 is 0 Å². The normalized spacial score (nSPS) is 20.8. The van der Waals surface area contributed by atoms with Crippen molar-refractivity contribution in [1.29, 1.82) is 0 Å². The molecule has 4 rings (SSSR count). The molecule has 2 aliphatic heterocycles. The van der Waals surface area contributed by atoms with Crippen LogP contribution in [0.15, 0.2) is 29.2 Å². The minimum Gasteiger partial charge on any atom is -0.385 e. The molecule has 2 aliphatic rings. The van der Waals surface area contributed by atoms with Crippen LogP contribution >= 0.6 is 0 Å². The molecule has 8 nitrogen and oxygen atoms in total. The molecule has 0 radical (unpaired) electrons. The van der Waals surface area contributed by atoms with Gasteiger partial charge >= 0.3 is 5.69 Å². The number of amides is 1. The van der Waals surface area contributed by atoms with Gasteiger partial charge in [-0.2, -0.15) is 0 Å². The highest BCUT2D eigenvalue weighted by molar-refractivity contribution is 5.99. The number of anilines is 2. The fraction of sp³-hybridized carbons (Fsp3) is 0.450. The van der Waals surface area contributed by atoms with Gasteiger partial charge in [0.2, 0.25) is 0 Å². The van der Waals surface area contributed by atoms with E-state index in [4.69, 9.17) is 0 Å². The lowest BCUT2D eigenvalue weighted by Gasteiger charge is -2.51. The van der Waals surface area contributed by atoms with E-state index < -0.39 is 17.1 Å². The first-order chi connectivity index (χ1) is 13.9. The van der Waals surface area contributed by atoms with Crippen molar-refractivity contribution in [2.24, 2.45) is 0 Å². The highest BCUT2D eigenvalue weighted by Gasteiger charge is 2.49. The Morgan fingerprint density at radius 3 is 2.86 bits per heavy atom. The molecule has 2 fully saturated rings. The number of halogens is 1. The number of likely N-dealkylation sites (tertiary alicyclic amines) is 1. The maximum absolute atomic E-state index is 14.2. The standard InChI is InChI=1S/C20H24FN5O3/c1-12-5-6-15(14(21)8-12)24-17-13(9-23-19(28)25-17)18(27)26-10-20(29,11-26)16-4-2-3-7-22-16/h5-6,8-9,16,22,29H,2-4,7,10-11H2,1H3,(H2,23,24,25,28). The van der Waals surface area contributed by atoms with Crippen molar-refractivity contribution in [3.05, 3.63) is 51.8 Å². The molecule has 0 spiro atoms. The van der Waals surface area contributed by atoms with Crippen LogP contribution in [0, 0.1) is 12.7 Å². The van der Waals surface area contributed by atoms with Crippen LogP contribution in [0.3, 0.4) is 0 Å². The first-order valence-electron chi connectivity index (χ1n) is 9.73.